The molecule has 0 radical (unpaired) electrons. The average molecular weight is 307 g/mol. The molecule has 0 saturated heterocycles. The molecule has 0 aliphatic heterocycles. The Bertz CT molecular complexity index is 396. The number of likely N-dealkylation sites (N-methyl/N-ethyl adjacent to an activating group) is 1. The van der Waals surface area contributed by atoms with Crippen molar-refractivity contribution >= 4 is 33.4 Å². The van der Waals surface area contributed by atoms with E-state index in [1.54, 1.807) is 33.3 Å². The second kappa shape index (κ2) is 5.55. The van der Waals surface area contributed by atoms with Gasteiger partial charge in [-0.1, -0.05) is 15.9 Å². The van der Waals surface area contributed by atoms with Crippen LogP contribution in [0.3, 0.4) is 0 Å². The first-order chi connectivity index (χ1) is 7.47. The topological polar surface area (TPSA) is 29.5 Å². The van der Waals surface area contributed by atoms with Gasteiger partial charge in [-0.15, -0.1) is 11.6 Å². The van der Waals surface area contributed by atoms with Crippen LogP contribution in [0.5, 0.6) is 5.75 Å². The van der Waals surface area contributed by atoms with E-state index in [9.17, 15) is 4.79 Å². The maximum atomic E-state index is 11.7. The van der Waals surface area contributed by atoms with Crippen LogP contribution in [-0.4, -0.2) is 32.0 Å². The van der Waals surface area contributed by atoms with Crippen LogP contribution in [0, 0.1) is 0 Å². The summed E-state index contributed by atoms with van der Waals surface area (Å²) in [4.78, 5) is 13.2. The van der Waals surface area contributed by atoms with Crippen molar-refractivity contribution in [3.8, 4) is 5.75 Å². The normalized spacial score (nSPS) is 12.1. The van der Waals surface area contributed by atoms with Crippen molar-refractivity contribution in [1.82, 2.24) is 4.90 Å². The van der Waals surface area contributed by atoms with Gasteiger partial charge in [-0.05, 0) is 23.8 Å². The molecule has 0 spiro atoms. The van der Waals surface area contributed by atoms with Gasteiger partial charge < -0.3 is 9.64 Å². The van der Waals surface area contributed by atoms with Gasteiger partial charge in [-0.2, -0.15) is 0 Å². The zero-order chi connectivity index (χ0) is 12.3. The molecule has 1 amide bonds. The van der Waals surface area contributed by atoms with Gasteiger partial charge in [0.1, 0.15) is 11.1 Å². The first kappa shape index (κ1) is 13.3. The number of methoxy groups -OCH3 is 1. The Kier molecular flexibility index (Phi) is 4.62. The number of carbonyl (C=O) groups excluding carboxylic acids is 1. The molecule has 0 aliphatic carbocycles. The van der Waals surface area contributed by atoms with E-state index >= 15 is 0 Å². The number of ether oxygens (including phenoxy) is 1. The highest BCUT2D eigenvalue weighted by Gasteiger charge is 2.22. The minimum Gasteiger partial charge on any atom is -0.497 e. The van der Waals surface area contributed by atoms with Gasteiger partial charge in [0.2, 0.25) is 5.91 Å². The fourth-order valence-corrected chi connectivity index (χ4v) is 2.19. The molecular formula is C11H13BrClNO2. The van der Waals surface area contributed by atoms with E-state index in [-0.39, 0.29) is 5.91 Å². The number of amides is 1. The van der Waals surface area contributed by atoms with Gasteiger partial charge in [-0.25, -0.2) is 0 Å². The molecule has 0 saturated carbocycles. The summed E-state index contributed by atoms with van der Waals surface area (Å²) in [5.41, 5.74) is 0.708. The van der Waals surface area contributed by atoms with Crippen molar-refractivity contribution in [1.29, 1.82) is 0 Å². The molecule has 0 bridgehead atoms. The lowest BCUT2D eigenvalue weighted by Gasteiger charge is -2.17. The van der Waals surface area contributed by atoms with Crippen LogP contribution in [0.25, 0.3) is 0 Å². The summed E-state index contributed by atoms with van der Waals surface area (Å²) in [5.74, 6) is 0.519. The van der Waals surface area contributed by atoms with E-state index in [1.807, 2.05) is 6.07 Å². The Labute approximate surface area is 108 Å². The number of halogens is 2. The smallest absolute Gasteiger partial charge is 0.244 e. The van der Waals surface area contributed by atoms with Gasteiger partial charge in [0.25, 0.3) is 0 Å². The summed E-state index contributed by atoms with van der Waals surface area (Å²) in [7, 11) is 4.92. The molecule has 1 aromatic carbocycles. The van der Waals surface area contributed by atoms with Crippen LogP contribution in [0.1, 0.15) is 10.9 Å². The standard InChI is InChI=1S/C11H13BrClNO2/c1-14(2)11(15)10(13)8-6-7(16-3)4-5-9(8)12/h4-6,10H,1-3H3. The second-order valence-corrected chi connectivity index (χ2v) is 4.77. The number of rotatable bonds is 3. The zero-order valence-corrected chi connectivity index (χ0v) is 11.7. The summed E-state index contributed by atoms with van der Waals surface area (Å²) in [6, 6.07) is 5.37. The van der Waals surface area contributed by atoms with Crippen molar-refractivity contribution in [2.24, 2.45) is 0 Å². The molecule has 0 heterocycles. The molecule has 1 unspecified atom stereocenters. The molecule has 16 heavy (non-hydrogen) atoms. The van der Waals surface area contributed by atoms with Crippen LogP contribution in [-0.2, 0) is 4.79 Å². The van der Waals surface area contributed by atoms with E-state index in [4.69, 9.17) is 16.3 Å². The third kappa shape index (κ3) is 2.89. The van der Waals surface area contributed by atoms with E-state index < -0.39 is 5.38 Å². The minimum atomic E-state index is -0.709. The summed E-state index contributed by atoms with van der Waals surface area (Å²) in [6.07, 6.45) is 0. The van der Waals surface area contributed by atoms with Gasteiger partial charge in [0.05, 0.1) is 7.11 Å². The molecule has 0 aromatic heterocycles. The lowest BCUT2D eigenvalue weighted by atomic mass is 10.1. The number of hydrogen-bond donors (Lipinski definition) is 0. The Morgan fingerprint density at radius 1 is 1.50 bits per heavy atom. The average Bonchev–Trinajstić information content (AvgIpc) is 2.27. The van der Waals surface area contributed by atoms with E-state index in [0.717, 1.165) is 4.47 Å². The minimum absolute atomic E-state index is 0.157. The molecule has 0 fully saturated rings. The molecule has 88 valence electrons. The summed E-state index contributed by atoms with van der Waals surface area (Å²) >= 11 is 9.48. The van der Waals surface area contributed by atoms with Crippen molar-refractivity contribution < 1.29 is 9.53 Å². The van der Waals surface area contributed by atoms with Gasteiger partial charge in [0.15, 0.2) is 0 Å². The Balaban J connectivity index is 3.07. The Morgan fingerprint density at radius 3 is 2.62 bits per heavy atom. The maximum Gasteiger partial charge on any atom is 0.244 e. The lowest BCUT2D eigenvalue weighted by molar-refractivity contribution is -0.128. The number of carbonyl (C=O) groups is 1. The molecule has 3 nitrogen and oxygen atoms in total. The van der Waals surface area contributed by atoms with E-state index in [2.05, 4.69) is 15.9 Å². The van der Waals surface area contributed by atoms with Gasteiger partial charge in [0, 0.05) is 18.6 Å². The number of nitrogens with zero attached hydrogens (tertiary/aromatic N) is 1. The SMILES string of the molecule is COc1ccc(Br)c(C(Cl)C(=O)N(C)C)c1. The van der Waals surface area contributed by atoms with E-state index in [1.165, 1.54) is 4.90 Å². The van der Waals surface area contributed by atoms with Crippen molar-refractivity contribution in [2.75, 3.05) is 21.2 Å². The van der Waals surface area contributed by atoms with Crippen LogP contribution in [0.4, 0.5) is 0 Å². The molecule has 0 N–H and O–H groups in total. The fourth-order valence-electron chi connectivity index (χ4n) is 1.20. The molecule has 1 aromatic rings. The molecule has 1 atom stereocenters. The largest absolute Gasteiger partial charge is 0.497 e. The Morgan fingerprint density at radius 2 is 2.12 bits per heavy atom. The Hall–Kier alpha value is -0.740. The van der Waals surface area contributed by atoms with Crippen molar-refractivity contribution in [3.63, 3.8) is 0 Å². The second-order valence-electron chi connectivity index (χ2n) is 3.48. The lowest BCUT2D eigenvalue weighted by Crippen LogP contribution is -2.25. The fraction of sp³-hybridized carbons (Fsp3) is 0.364. The van der Waals surface area contributed by atoms with E-state index in [0.29, 0.717) is 11.3 Å². The number of alkyl halides is 1. The third-order valence-electron chi connectivity index (χ3n) is 2.13. The predicted octanol–water partition coefficient (Wildman–Crippen LogP) is 2.83. The molecule has 0 aliphatic rings. The van der Waals surface area contributed by atoms with Crippen LogP contribution < -0.4 is 4.74 Å². The van der Waals surface area contributed by atoms with Crippen molar-refractivity contribution in [3.05, 3.63) is 28.2 Å². The molecule has 1 rings (SSSR count). The highest BCUT2D eigenvalue weighted by atomic mass is 79.9. The number of hydrogen-bond acceptors (Lipinski definition) is 2. The quantitative estimate of drug-likeness (QED) is 0.804. The number of benzene rings is 1. The maximum absolute atomic E-state index is 11.7. The summed E-state index contributed by atoms with van der Waals surface area (Å²) in [6.45, 7) is 0. The summed E-state index contributed by atoms with van der Waals surface area (Å²) in [5, 5.41) is -0.709. The summed E-state index contributed by atoms with van der Waals surface area (Å²) < 4.78 is 5.89. The molecule has 5 heteroatoms. The van der Waals surface area contributed by atoms with Crippen molar-refractivity contribution in [2.45, 2.75) is 5.38 Å². The highest BCUT2D eigenvalue weighted by molar-refractivity contribution is 9.10. The first-order valence-electron chi connectivity index (χ1n) is 4.66. The van der Waals surface area contributed by atoms with Gasteiger partial charge in [-0.3, -0.25) is 4.79 Å². The van der Waals surface area contributed by atoms with Crippen LogP contribution in [0.15, 0.2) is 22.7 Å². The predicted molar refractivity (Wildman–Crippen MR) is 68.0 cm³/mol. The molecular weight excluding hydrogens is 293 g/mol. The third-order valence-corrected chi connectivity index (χ3v) is 3.28. The monoisotopic (exact) mass is 305 g/mol. The van der Waals surface area contributed by atoms with Crippen LogP contribution in [0.2, 0.25) is 0 Å². The first-order valence-corrected chi connectivity index (χ1v) is 5.89. The zero-order valence-electron chi connectivity index (χ0n) is 9.33. The van der Waals surface area contributed by atoms with Crippen LogP contribution >= 0.6 is 27.5 Å². The van der Waals surface area contributed by atoms with Gasteiger partial charge >= 0.3 is 0 Å². The highest BCUT2D eigenvalue weighted by Crippen LogP contribution is 2.32.